The van der Waals surface area contributed by atoms with Gasteiger partial charge in [-0.1, -0.05) is 6.07 Å². The average Bonchev–Trinajstić information content (AvgIpc) is 2.71. The molecular formula is C11H11FNO2. The lowest BCUT2D eigenvalue weighted by atomic mass is 10.2. The maximum atomic E-state index is 13.2. The quantitative estimate of drug-likeness (QED) is 0.791. The van der Waals surface area contributed by atoms with Crippen LogP contribution in [0.25, 0.3) is 0 Å². The van der Waals surface area contributed by atoms with Gasteiger partial charge in [-0.25, -0.2) is 4.39 Å². The number of benzene rings is 1. The Balaban J connectivity index is 2.04. The number of carbonyl (C=O) groups is 1. The molecule has 2 rings (SSSR count). The van der Waals surface area contributed by atoms with Crippen molar-refractivity contribution >= 4 is 5.91 Å². The zero-order chi connectivity index (χ0) is 10.7. The lowest BCUT2D eigenvalue weighted by molar-refractivity contribution is 0.0926. The van der Waals surface area contributed by atoms with Crippen molar-refractivity contribution < 1.29 is 13.9 Å². The summed E-state index contributed by atoms with van der Waals surface area (Å²) in [6.45, 7) is 1.16. The normalized spacial score (nSPS) is 20.2. The molecule has 0 saturated carbocycles. The van der Waals surface area contributed by atoms with Crippen LogP contribution >= 0.6 is 0 Å². The highest BCUT2D eigenvalue weighted by Gasteiger charge is 2.19. The molecule has 4 heteroatoms. The maximum absolute atomic E-state index is 13.2. The zero-order valence-corrected chi connectivity index (χ0v) is 8.13. The molecule has 1 N–H and O–H groups in total. The van der Waals surface area contributed by atoms with Crippen LogP contribution in [0.2, 0.25) is 0 Å². The van der Waals surface area contributed by atoms with Gasteiger partial charge in [-0.2, -0.15) is 0 Å². The fourth-order valence-electron chi connectivity index (χ4n) is 1.51. The first-order valence-electron chi connectivity index (χ1n) is 4.81. The minimum atomic E-state index is -0.547. The Kier molecular flexibility index (Phi) is 2.97. The number of hydrogen-bond donors (Lipinski definition) is 1. The van der Waals surface area contributed by atoms with Gasteiger partial charge in [0.05, 0.1) is 18.2 Å². The Morgan fingerprint density at radius 3 is 3.20 bits per heavy atom. The molecular weight excluding hydrogens is 197 g/mol. The second kappa shape index (κ2) is 4.40. The maximum Gasteiger partial charge on any atom is 0.254 e. The molecule has 0 unspecified atom stereocenters. The lowest BCUT2D eigenvalue weighted by Gasteiger charge is -2.10. The molecule has 1 aliphatic heterocycles. The minimum Gasteiger partial charge on any atom is -0.379 e. The molecule has 1 aromatic rings. The largest absolute Gasteiger partial charge is 0.379 e. The number of nitrogens with one attached hydrogen (secondary N) is 1. The third-order valence-electron chi connectivity index (χ3n) is 2.32. The third kappa shape index (κ3) is 2.33. The molecule has 0 aliphatic carbocycles. The Morgan fingerprint density at radius 2 is 2.53 bits per heavy atom. The molecule has 0 bridgehead atoms. The van der Waals surface area contributed by atoms with Crippen molar-refractivity contribution in [1.82, 2.24) is 5.32 Å². The van der Waals surface area contributed by atoms with E-state index in [0.29, 0.717) is 13.2 Å². The molecule has 0 spiro atoms. The Labute approximate surface area is 87.2 Å². The number of rotatable bonds is 2. The fraction of sp³-hybridized carbons (Fsp3) is 0.364. The minimum absolute atomic E-state index is 0.00101. The van der Waals surface area contributed by atoms with Gasteiger partial charge in [0.2, 0.25) is 0 Å². The van der Waals surface area contributed by atoms with E-state index in [9.17, 15) is 9.18 Å². The van der Waals surface area contributed by atoms with Gasteiger partial charge in [0.25, 0.3) is 5.91 Å². The van der Waals surface area contributed by atoms with E-state index in [1.165, 1.54) is 12.1 Å². The van der Waals surface area contributed by atoms with Crippen LogP contribution in [0.1, 0.15) is 16.8 Å². The summed E-state index contributed by atoms with van der Waals surface area (Å²) in [5.74, 6) is -0.939. The second-order valence-electron chi connectivity index (χ2n) is 3.44. The van der Waals surface area contributed by atoms with Crippen molar-refractivity contribution in [3.63, 3.8) is 0 Å². The first-order valence-corrected chi connectivity index (χ1v) is 4.81. The van der Waals surface area contributed by atoms with Gasteiger partial charge in [-0.15, -0.1) is 0 Å². The third-order valence-corrected chi connectivity index (χ3v) is 2.32. The number of ether oxygens (including phenoxy) is 1. The Hall–Kier alpha value is -1.42. The first kappa shape index (κ1) is 10.1. The monoisotopic (exact) mass is 208 g/mol. The van der Waals surface area contributed by atoms with Crippen LogP contribution in [-0.4, -0.2) is 25.2 Å². The van der Waals surface area contributed by atoms with E-state index in [2.05, 4.69) is 11.4 Å². The SMILES string of the molecule is O=C(N[C@@H]1CCOC1)c1cc[c]cc1F. The van der Waals surface area contributed by atoms with Crippen molar-refractivity contribution in [1.29, 1.82) is 0 Å². The van der Waals surface area contributed by atoms with Crippen LogP contribution < -0.4 is 5.32 Å². The van der Waals surface area contributed by atoms with Crippen LogP contribution in [0.3, 0.4) is 0 Å². The Bertz CT molecular complexity index is 361. The van der Waals surface area contributed by atoms with E-state index in [1.54, 1.807) is 0 Å². The summed E-state index contributed by atoms with van der Waals surface area (Å²) in [4.78, 5) is 11.6. The molecule has 1 fully saturated rings. The van der Waals surface area contributed by atoms with Gasteiger partial charge in [-0.3, -0.25) is 4.79 Å². The predicted molar refractivity (Wildman–Crippen MR) is 51.9 cm³/mol. The zero-order valence-electron chi connectivity index (χ0n) is 8.13. The number of hydrogen-bond acceptors (Lipinski definition) is 2. The predicted octanol–water partition coefficient (Wildman–Crippen LogP) is 1.14. The summed E-state index contributed by atoms with van der Waals surface area (Å²) in [6.07, 6.45) is 0.784. The van der Waals surface area contributed by atoms with Crippen molar-refractivity contribution in [2.75, 3.05) is 13.2 Å². The standard InChI is InChI=1S/C11H11FNO2/c12-10-4-2-1-3-9(10)11(14)13-8-5-6-15-7-8/h1,3-4,8H,5-7H2,(H,13,14)/t8-/m1/s1. The highest BCUT2D eigenvalue weighted by atomic mass is 19.1. The van der Waals surface area contributed by atoms with E-state index in [0.717, 1.165) is 12.5 Å². The van der Waals surface area contributed by atoms with E-state index < -0.39 is 11.7 Å². The lowest BCUT2D eigenvalue weighted by Crippen LogP contribution is -2.35. The van der Waals surface area contributed by atoms with Crippen molar-refractivity contribution in [2.24, 2.45) is 0 Å². The van der Waals surface area contributed by atoms with Crippen LogP contribution in [0.15, 0.2) is 18.2 Å². The van der Waals surface area contributed by atoms with Crippen LogP contribution in [-0.2, 0) is 4.74 Å². The molecule has 1 aliphatic rings. The fourth-order valence-corrected chi connectivity index (χ4v) is 1.51. The van der Waals surface area contributed by atoms with Crippen molar-refractivity contribution in [3.8, 4) is 0 Å². The summed E-state index contributed by atoms with van der Waals surface area (Å²) < 4.78 is 18.3. The molecule has 1 saturated heterocycles. The van der Waals surface area contributed by atoms with Crippen LogP contribution in [0, 0.1) is 11.9 Å². The van der Waals surface area contributed by atoms with Gasteiger partial charge < -0.3 is 10.1 Å². The topological polar surface area (TPSA) is 38.3 Å². The van der Waals surface area contributed by atoms with Crippen LogP contribution in [0.4, 0.5) is 4.39 Å². The summed E-state index contributed by atoms with van der Waals surface area (Å²) in [6, 6.07) is 6.66. The smallest absolute Gasteiger partial charge is 0.254 e. The van der Waals surface area contributed by atoms with E-state index in [1.807, 2.05) is 0 Å². The summed E-state index contributed by atoms with van der Waals surface area (Å²) in [5.41, 5.74) is 0.0562. The molecule has 1 radical (unpaired) electrons. The average molecular weight is 208 g/mol. The molecule has 0 aromatic heterocycles. The molecule has 1 aromatic carbocycles. The van der Waals surface area contributed by atoms with Gasteiger partial charge in [-0.05, 0) is 24.6 Å². The second-order valence-corrected chi connectivity index (χ2v) is 3.44. The molecule has 1 amide bonds. The summed E-state index contributed by atoms with van der Waals surface area (Å²) >= 11 is 0. The molecule has 15 heavy (non-hydrogen) atoms. The Morgan fingerprint density at radius 1 is 1.67 bits per heavy atom. The molecule has 3 nitrogen and oxygen atoms in total. The highest BCUT2D eigenvalue weighted by molar-refractivity contribution is 5.94. The van der Waals surface area contributed by atoms with Crippen molar-refractivity contribution in [3.05, 3.63) is 35.6 Å². The van der Waals surface area contributed by atoms with Gasteiger partial charge in [0.1, 0.15) is 5.82 Å². The molecule has 1 heterocycles. The number of amides is 1. The summed E-state index contributed by atoms with van der Waals surface area (Å²) in [7, 11) is 0. The first-order chi connectivity index (χ1) is 7.27. The van der Waals surface area contributed by atoms with Crippen LogP contribution in [0.5, 0.6) is 0 Å². The van der Waals surface area contributed by atoms with E-state index >= 15 is 0 Å². The van der Waals surface area contributed by atoms with Gasteiger partial charge in [0.15, 0.2) is 0 Å². The van der Waals surface area contributed by atoms with E-state index in [4.69, 9.17) is 4.74 Å². The van der Waals surface area contributed by atoms with Gasteiger partial charge >= 0.3 is 0 Å². The molecule has 79 valence electrons. The van der Waals surface area contributed by atoms with Crippen molar-refractivity contribution in [2.45, 2.75) is 12.5 Å². The summed E-state index contributed by atoms with van der Waals surface area (Å²) in [5, 5.41) is 2.72. The molecule has 1 atom stereocenters. The highest BCUT2D eigenvalue weighted by Crippen LogP contribution is 2.08. The van der Waals surface area contributed by atoms with E-state index in [-0.39, 0.29) is 11.6 Å². The number of halogens is 1. The number of carbonyl (C=O) groups excluding carboxylic acids is 1. The van der Waals surface area contributed by atoms with Gasteiger partial charge in [0, 0.05) is 6.61 Å².